The van der Waals surface area contributed by atoms with Crippen molar-refractivity contribution in [3.63, 3.8) is 0 Å². The second kappa shape index (κ2) is 6.55. The molecule has 1 atom stereocenters. The van der Waals surface area contributed by atoms with Crippen LogP contribution in [0, 0.1) is 24.0 Å². The minimum absolute atomic E-state index is 0.0902. The minimum Gasteiger partial charge on any atom is -0.359 e. The van der Waals surface area contributed by atoms with Gasteiger partial charge >= 0.3 is 0 Å². The van der Waals surface area contributed by atoms with Crippen LogP contribution in [0.4, 0.5) is 17.1 Å². The third kappa shape index (κ3) is 3.47. The number of fused-ring (bicyclic) bond motifs is 1. The predicted molar refractivity (Wildman–Crippen MR) is 98.2 cm³/mol. The lowest BCUT2D eigenvalue weighted by atomic mass is 10.1. The summed E-state index contributed by atoms with van der Waals surface area (Å²) in [4.78, 5) is 25.0. The largest absolute Gasteiger partial charge is 0.359 e. The van der Waals surface area contributed by atoms with Crippen LogP contribution in [-0.2, 0) is 11.2 Å². The lowest BCUT2D eigenvalue weighted by Crippen LogP contribution is -2.37. The van der Waals surface area contributed by atoms with Gasteiger partial charge in [-0.1, -0.05) is 6.07 Å². The van der Waals surface area contributed by atoms with Crippen molar-refractivity contribution in [2.75, 3.05) is 16.8 Å². The molecular formula is C19H21N3O3. The molecule has 130 valence electrons. The van der Waals surface area contributed by atoms with Crippen molar-refractivity contribution in [2.45, 2.75) is 33.2 Å². The van der Waals surface area contributed by atoms with Crippen LogP contribution in [0.2, 0.25) is 0 Å². The van der Waals surface area contributed by atoms with Crippen LogP contribution in [0.25, 0.3) is 0 Å². The number of carbonyl (C=O) groups excluding carboxylic acids is 1. The van der Waals surface area contributed by atoms with Gasteiger partial charge in [-0.2, -0.15) is 0 Å². The summed E-state index contributed by atoms with van der Waals surface area (Å²) in [7, 11) is 0. The number of anilines is 2. The van der Waals surface area contributed by atoms with Crippen molar-refractivity contribution >= 4 is 23.0 Å². The number of carbonyl (C=O) groups is 1. The maximum absolute atomic E-state index is 12.4. The highest BCUT2D eigenvalue weighted by molar-refractivity contribution is 5.94. The Morgan fingerprint density at radius 2 is 2.00 bits per heavy atom. The highest BCUT2D eigenvalue weighted by atomic mass is 16.6. The Bertz CT molecular complexity index is 848. The smallest absolute Gasteiger partial charge is 0.269 e. The van der Waals surface area contributed by atoms with Crippen LogP contribution in [0.15, 0.2) is 36.4 Å². The molecule has 6 nitrogen and oxygen atoms in total. The van der Waals surface area contributed by atoms with Crippen molar-refractivity contribution in [2.24, 2.45) is 0 Å². The van der Waals surface area contributed by atoms with Gasteiger partial charge in [0.2, 0.25) is 5.91 Å². The predicted octanol–water partition coefficient (Wildman–Crippen LogP) is 3.60. The summed E-state index contributed by atoms with van der Waals surface area (Å²) in [5.74, 6) is -0.0960. The van der Waals surface area contributed by atoms with Gasteiger partial charge in [-0.25, -0.2) is 0 Å². The second-order valence-corrected chi connectivity index (χ2v) is 6.60. The summed E-state index contributed by atoms with van der Waals surface area (Å²) in [5, 5.41) is 13.9. The van der Waals surface area contributed by atoms with E-state index in [0.29, 0.717) is 6.42 Å². The van der Waals surface area contributed by atoms with Crippen molar-refractivity contribution in [1.82, 2.24) is 0 Å². The molecule has 25 heavy (non-hydrogen) atoms. The zero-order valence-electron chi connectivity index (χ0n) is 14.6. The van der Waals surface area contributed by atoms with E-state index in [4.69, 9.17) is 0 Å². The minimum atomic E-state index is -0.389. The summed E-state index contributed by atoms with van der Waals surface area (Å²) in [5.41, 5.74) is 5.00. The maximum Gasteiger partial charge on any atom is 0.269 e. The fourth-order valence-electron chi connectivity index (χ4n) is 3.21. The van der Waals surface area contributed by atoms with Crippen LogP contribution in [0.5, 0.6) is 0 Å². The van der Waals surface area contributed by atoms with Crippen molar-refractivity contribution in [1.29, 1.82) is 0 Å². The molecule has 0 aromatic heterocycles. The molecule has 0 saturated carbocycles. The highest BCUT2D eigenvalue weighted by Crippen LogP contribution is 2.34. The summed E-state index contributed by atoms with van der Waals surface area (Å²) < 4.78 is 0. The van der Waals surface area contributed by atoms with Crippen molar-refractivity contribution < 1.29 is 9.72 Å². The molecule has 1 heterocycles. The second-order valence-electron chi connectivity index (χ2n) is 6.60. The third-order valence-corrected chi connectivity index (χ3v) is 4.74. The number of nitrogens with one attached hydrogen (secondary N) is 1. The summed E-state index contributed by atoms with van der Waals surface area (Å²) in [6.07, 6.45) is 0.702. The Morgan fingerprint density at radius 1 is 1.24 bits per heavy atom. The molecule has 0 saturated heterocycles. The molecule has 1 aliphatic heterocycles. The van der Waals surface area contributed by atoms with Gasteiger partial charge in [-0.3, -0.25) is 14.9 Å². The van der Waals surface area contributed by atoms with Gasteiger partial charge in [0.15, 0.2) is 0 Å². The molecule has 2 aromatic rings. The number of nitro groups is 1. The van der Waals surface area contributed by atoms with E-state index in [0.717, 1.165) is 22.5 Å². The van der Waals surface area contributed by atoms with E-state index < -0.39 is 0 Å². The molecule has 0 unspecified atom stereocenters. The molecule has 6 heteroatoms. The van der Waals surface area contributed by atoms with E-state index in [1.54, 1.807) is 12.1 Å². The number of non-ortho nitro benzene ring substituents is 1. The fraction of sp³-hybridized carbons (Fsp3) is 0.316. The number of hydrogen-bond acceptors (Lipinski definition) is 4. The van der Waals surface area contributed by atoms with Gasteiger partial charge in [0, 0.05) is 29.5 Å². The average molecular weight is 339 g/mol. The van der Waals surface area contributed by atoms with Crippen LogP contribution >= 0.6 is 0 Å². The Labute approximate surface area is 146 Å². The van der Waals surface area contributed by atoms with E-state index in [9.17, 15) is 14.9 Å². The molecule has 1 aliphatic rings. The normalized spacial score (nSPS) is 15.8. The van der Waals surface area contributed by atoms with E-state index in [1.165, 1.54) is 11.6 Å². The molecule has 0 fully saturated rings. The molecule has 0 aliphatic carbocycles. The van der Waals surface area contributed by atoms with E-state index >= 15 is 0 Å². The van der Waals surface area contributed by atoms with Gasteiger partial charge in [-0.05, 0) is 62.1 Å². The average Bonchev–Trinajstić information content (AvgIpc) is 2.86. The first-order chi connectivity index (χ1) is 11.8. The quantitative estimate of drug-likeness (QED) is 0.682. The van der Waals surface area contributed by atoms with E-state index in [1.807, 2.05) is 43.9 Å². The molecule has 0 spiro atoms. The number of nitrogens with zero attached hydrogens (tertiary/aromatic N) is 2. The number of rotatable bonds is 4. The topological polar surface area (TPSA) is 75.5 Å². The van der Waals surface area contributed by atoms with Crippen LogP contribution in [0.1, 0.15) is 23.6 Å². The molecule has 1 N–H and O–H groups in total. The molecule has 1 amide bonds. The van der Waals surface area contributed by atoms with Gasteiger partial charge in [-0.15, -0.1) is 0 Å². The van der Waals surface area contributed by atoms with Crippen molar-refractivity contribution in [3.05, 3.63) is 63.2 Å². The third-order valence-electron chi connectivity index (χ3n) is 4.74. The first-order valence-corrected chi connectivity index (χ1v) is 8.26. The lowest BCUT2D eigenvalue weighted by molar-refractivity contribution is -0.384. The molecule has 2 aromatic carbocycles. The Hall–Kier alpha value is -2.89. The maximum atomic E-state index is 12.4. The van der Waals surface area contributed by atoms with Crippen LogP contribution in [-0.4, -0.2) is 23.4 Å². The van der Waals surface area contributed by atoms with E-state index in [2.05, 4.69) is 5.32 Å². The number of hydrogen-bond donors (Lipinski definition) is 1. The molecule has 3 rings (SSSR count). The molecule has 0 bridgehead atoms. The van der Waals surface area contributed by atoms with E-state index in [-0.39, 0.29) is 29.1 Å². The van der Waals surface area contributed by atoms with Gasteiger partial charge in [0.05, 0.1) is 11.5 Å². The van der Waals surface area contributed by atoms with Crippen LogP contribution in [0.3, 0.4) is 0 Å². The van der Waals surface area contributed by atoms with Gasteiger partial charge < -0.3 is 10.2 Å². The summed E-state index contributed by atoms with van der Waals surface area (Å²) >= 11 is 0. The Morgan fingerprint density at radius 3 is 2.68 bits per heavy atom. The first-order valence-electron chi connectivity index (χ1n) is 8.26. The Kier molecular flexibility index (Phi) is 4.44. The van der Waals surface area contributed by atoms with Gasteiger partial charge in [0.25, 0.3) is 5.69 Å². The monoisotopic (exact) mass is 339 g/mol. The lowest BCUT2D eigenvalue weighted by Gasteiger charge is -2.24. The number of aryl methyl sites for hydroxylation is 2. The first kappa shape index (κ1) is 17.0. The SMILES string of the molecule is Cc1ccc(NC(=O)CN2c3ccc([N+](=O)[O-])cc3C[C@@H]2C)cc1C. The fourth-order valence-corrected chi connectivity index (χ4v) is 3.21. The highest BCUT2D eigenvalue weighted by Gasteiger charge is 2.29. The number of amides is 1. The molecule has 0 radical (unpaired) electrons. The Balaban J connectivity index is 1.74. The standard InChI is InChI=1S/C19H21N3O3/c1-12-4-5-16(8-13(12)2)20-19(23)11-21-14(3)9-15-10-17(22(24)25)6-7-18(15)21/h4-8,10,14H,9,11H2,1-3H3,(H,20,23)/t14-/m0/s1. The summed E-state index contributed by atoms with van der Waals surface area (Å²) in [6, 6.07) is 10.8. The van der Waals surface area contributed by atoms with Crippen molar-refractivity contribution in [3.8, 4) is 0 Å². The number of nitro benzene ring substituents is 1. The number of benzene rings is 2. The zero-order valence-corrected chi connectivity index (χ0v) is 14.6. The summed E-state index contributed by atoms with van der Waals surface area (Å²) in [6.45, 7) is 6.29. The molecular weight excluding hydrogens is 318 g/mol. The van der Waals surface area contributed by atoms with Crippen LogP contribution < -0.4 is 10.2 Å². The van der Waals surface area contributed by atoms with Gasteiger partial charge in [0.1, 0.15) is 0 Å². The zero-order chi connectivity index (χ0) is 18.1.